The average Bonchev–Trinajstić information content (AvgIpc) is 2.54. The van der Waals surface area contributed by atoms with Crippen LogP contribution in [0.1, 0.15) is 13.8 Å². The summed E-state index contributed by atoms with van der Waals surface area (Å²) in [5.74, 6) is -0.529. The van der Waals surface area contributed by atoms with Gasteiger partial charge in [-0.05, 0) is 13.8 Å². The van der Waals surface area contributed by atoms with E-state index < -0.39 is 20.5 Å². The summed E-state index contributed by atoms with van der Waals surface area (Å²) in [6.45, 7) is 2.65. The van der Waals surface area contributed by atoms with E-state index in [4.69, 9.17) is 0 Å². The molecule has 15 heavy (non-hydrogen) atoms. The van der Waals surface area contributed by atoms with Crippen molar-refractivity contribution in [3.8, 4) is 0 Å². The molecule has 0 radical (unpaired) electrons. The fourth-order valence-corrected chi connectivity index (χ4v) is 1.08. The zero-order valence-electron chi connectivity index (χ0n) is 8.60. The van der Waals surface area contributed by atoms with Gasteiger partial charge in [0.15, 0.2) is 9.84 Å². The molecular formula is C7H12N4O3S. The maximum Gasteiger partial charge on any atom is 0.247 e. The van der Waals surface area contributed by atoms with Gasteiger partial charge in [-0.3, -0.25) is 10.1 Å². The molecule has 1 rings (SSSR count). The van der Waals surface area contributed by atoms with Gasteiger partial charge in [0.05, 0.1) is 0 Å². The second-order valence-electron chi connectivity index (χ2n) is 3.57. The first-order valence-corrected chi connectivity index (χ1v) is 6.00. The average molecular weight is 232 g/mol. The summed E-state index contributed by atoms with van der Waals surface area (Å²) < 4.78 is 21.1. The smallest absolute Gasteiger partial charge is 0.247 e. The number of H-pyrrole nitrogens is 1. The Morgan fingerprint density at radius 2 is 2.13 bits per heavy atom. The maximum absolute atomic E-state index is 11.6. The topological polar surface area (TPSA) is 105 Å². The number of nitrogens with zero attached hydrogens (tertiary/aromatic N) is 2. The molecule has 0 unspecified atom stereocenters. The van der Waals surface area contributed by atoms with Gasteiger partial charge in [-0.15, -0.1) is 0 Å². The summed E-state index contributed by atoms with van der Waals surface area (Å²) >= 11 is 0. The molecule has 0 fully saturated rings. The third-order valence-electron chi connectivity index (χ3n) is 2.12. The molecule has 2 N–H and O–H groups in total. The quantitative estimate of drug-likeness (QED) is 0.735. The zero-order valence-corrected chi connectivity index (χ0v) is 9.42. The number of hydrogen-bond donors (Lipinski definition) is 2. The number of hydrogen-bond acceptors (Lipinski definition) is 5. The molecule has 1 aromatic rings. The Balaban J connectivity index is 2.87. The van der Waals surface area contributed by atoms with Crippen LogP contribution >= 0.6 is 0 Å². The van der Waals surface area contributed by atoms with E-state index in [2.05, 4.69) is 20.5 Å². The standard InChI is InChI=1S/C7H12N4O3S/c1-7(2,15(3,13)14)5(12)10-6-8-4-9-11-6/h4H,1-3H3,(H2,8,9,10,11,12). The summed E-state index contributed by atoms with van der Waals surface area (Å²) in [7, 11) is -3.48. The van der Waals surface area contributed by atoms with E-state index in [1.54, 1.807) is 0 Å². The third kappa shape index (κ3) is 2.32. The van der Waals surface area contributed by atoms with Crippen LogP contribution in [0.25, 0.3) is 0 Å². The highest BCUT2D eigenvalue weighted by Crippen LogP contribution is 2.16. The number of amides is 1. The van der Waals surface area contributed by atoms with Crippen molar-refractivity contribution in [2.45, 2.75) is 18.6 Å². The van der Waals surface area contributed by atoms with Crippen LogP contribution in [-0.4, -0.2) is 40.5 Å². The number of carbonyl (C=O) groups is 1. The lowest BCUT2D eigenvalue weighted by Gasteiger charge is -2.20. The minimum absolute atomic E-state index is 0.122. The van der Waals surface area contributed by atoms with Crippen LogP contribution in [0.4, 0.5) is 5.95 Å². The molecule has 0 aromatic carbocycles. The van der Waals surface area contributed by atoms with Crippen molar-refractivity contribution in [2.75, 3.05) is 11.6 Å². The molecule has 0 aliphatic rings. The van der Waals surface area contributed by atoms with Gasteiger partial charge in [-0.2, -0.15) is 10.1 Å². The van der Waals surface area contributed by atoms with Crippen molar-refractivity contribution in [1.29, 1.82) is 0 Å². The van der Waals surface area contributed by atoms with Gasteiger partial charge in [0.2, 0.25) is 11.9 Å². The number of carbonyl (C=O) groups excluding carboxylic acids is 1. The van der Waals surface area contributed by atoms with E-state index in [1.807, 2.05) is 0 Å². The van der Waals surface area contributed by atoms with Gasteiger partial charge < -0.3 is 0 Å². The fourth-order valence-electron chi connectivity index (χ4n) is 0.692. The Labute approximate surface area is 87.2 Å². The molecule has 7 nitrogen and oxygen atoms in total. The summed E-state index contributed by atoms with van der Waals surface area (Å²) in [4.78, 5) is 15.3. The molecule has 8 heteroatoms. The molecule has 0 saturated heterocycles. The maximum atomic E-state index is 11.6. The Kier molecular flexibility index (Phi) is 2.80. The molecule has 0 aliphatic carbocycles. The van der Waals surface area contributed by atoms with Crippen molar-refractivity contribution >= 4 is 21.7 Å². The van der Waals surface area contributed by atoms with Crippen LogP contribution in [0.5, 0.6) is 0 Å². The molecule has 0 bridgehead atoms. The second kappa shape index (κ2) is 3.61. The first-order valence-electron chi connectivity index (χ1n) is 4.11. The monoisotopic (exact) mass is 232 g/mol. The fraction of sp³-hybridized carbons (Fsp3) is 0.571. The van der Waals surface area contributed by atoms with Crippen molar-refractivity contribution in [2.24, 2.45) is 0 Å². The predicted octanol–water partition coefficient (Wildman–Crippen LogP) is -0.434. The summed E-state index contributed by atoms with van der Waals surface area (Å²) in [5, 5.41) is 8.24. The molecule has 0 atom stereocenters. The lowest BCUT2D eigenvalue weighted by molar-refractivity contribution is -0.117. The molecule has 1 heterocycles. The Morgan fingerprint density at radius 3 is 2.53 bits per heavy atom. The van der Waals surface area contributed by atoms with E-state index in [1.165, 1.54) is 20.2 Å². The highest BCUT2D eigenvalue weighted by molar-refractivity contribution is 7.92. The molecule has 1 aromatic heterocycles. The molecule has 0 aliphatic heterocycles. The Morgan fingerprint density at radius 1 is 1.53 bits per heavy atom. The number of aromatic amines is 1. The van der Waals surface area contributed by atoms with Crippen LogP contribution < -0.4 is 5.32 Å². The third-order valence-corrected chi connectivity index (χ3v) is 4.16. The molecular weight excluding hydrogens is 220 g/mol. The lowest BCUT2D eigenvalue weighted by atomic mass is 10.2. The number of anilines is 1. The second-order valence-corrected chi connectivity index (χ2v) is 6.14. The number of aromatic nitrogens is 3. The van der Waals surface area contributed by atoms with Gasteiger partial charge in [-0.1, -0.05) is 0 Å². The van der Waals surface area contributed by atoms with Crippen LogP contribution in [0.15, 0.2) is 6.33 Å². The molecule has 0 saturated carbocycles. The lowest BCUT2D eigenvalue weighted by Crippen LogP contribution is -2.44. The van der Waals surface area contributed by atoms with E-state index in [0.717, 1.165) is 6.26 Å². The van der Waals surface area contributed by atoms with Gasteiger partial charge in [0.25, 0.3) is 0 Å². The number of sulfone groups is 1. The van der Waals surface area contributed by atoms with Crippen LogP contribution in [0.2, 0.25) is 0 Å². The molecule has 84 valence electrons. The number of rotatable bonds is 3. The van der Waals surface area contributed by atoms with Gasteiger partial charge in [0.1, 0.15) is 11.1 Å². The predicted molar refractivity (Wildman–Crippen MR) is 53.9 cm³/mol. The highest BCUT2D eigenvalue weighted by atomic mass is 32.2. The van der Waals surface area contributed by atoms with Crippen molar-refractivity contribution in [3.63, 3.8) is 0 Å². The van der Waals surface area contributed by atoms with Crippen molar-refractivity contribution < 1.29 is 13.2 Å². The largest absolute Gasteiger partial charge is 0.294 e. The normalized spacial score (nSPS) is 12.5. The highest BCUT2D eigenvalue weighted by Gasteiger charge is 2.38. The van der Waals surface area contributed by atoms with E-state index in [0.29, 0.717) is 0 Å². The van der Waals surface area contributed by atoms with Crippen LogP contribution in [-0.2, 0) is 14.6 Å². The van der Waals surface area contributed by atoms with E-state index in [9.17, 15) is 13.2 Å². The number of nitrogens with one attached hydrogen (secondary N) is 2. The minimum Gasteiger partial charge on any atom is -0.294 e. The van der Waals surface area contributed by atoms with E-state index in [-0.39, 0.29) is 5.95 Å². The summed E-state index contributed by atoms with van der Waals surface area (Å²) in [5.41, 5.74) is 0. The summed E-state index contributed by atoms with van der Waals surface area (Å²) in [6.07, 6.45) is 2.22. The SMILES string of the molecule is CC(C)(C(=O)Nc1ncn[nH]1)S(C)(=O)=O. The van der Waals surface area contributed by atoms with Gasteiger partial charge >= 0.3 is 0 Å². The van der Waals surface area contributed by atoms with Crippen molar-refractivity contribution in [3.05, 3.63) is 6.33 Å². The zero-order chi connectivity index (χ0) is 11.7. The Bertz CT molecular complexity index is 449. The van der Waals surface area contributed by atoms with Crippen molar-refractivity contribution in [1.82, 2.24) is 15.2 Å². The van der Waals surface area contributed by atoms with Gasteiger partial charge in [-0.25, -0.2) is 13.5 Å². The molecule has 0 spiro atoms. The first kappa shape index (κ1) is 11.6. The van der Waals surface area contributed by atoms with Crippen LogP contribution in [0, 0.1) is 0 Å². The minimum atomic E-state index is -3.48. The molecule has 1 amide bonds. The first-order chi connectivity index (χ1) is 6.75. The van der Waals surface area contributed by atoms with E-state index >= 15 is 0 Å². The summed E-state index contributed by atoms with van der Waals surface area (Å²) in [6, 6.07) is 0. The van der Waals surface area contributed by atoms with Crippen LogP contribution in [0.3, 0.4) is 0 Å². The van der Waals surface area contributed by atoms with Gasteiger partial charge in [0, 0.05) is 6.26 Å². The Hall–Kier alpha value is -1.44.